The normalized spacial score (nSPS) is 11.0. The van der Waals surface area contributed by atoms with Gasteiger partial charge in [-0.3, -0.25) is 4.79 Å². The molecule has 0 aliphatic carbocycles. The Kier molecular flexibility index (Phi) is 6.81. The van der Waals surface area contributed by atoms with Gasteiger partial charge in [0.1, 0.15) is 0 Å². The van der Waals surface area contributed by atoms with Crippen LogP contribution in [-0.2, 0) is 4.79 Å². The maximum atomic E-state index is 10.6. The van der Waals surface area contributed by atoms with Gasteiger partial charge in [-0.1, -0.05) is 23.3 Å². The molecule has 80 valence electrons. The van der Waals surface area contributed by atoms with Crippen molar-refractivity contribution < 1.29 is 4.79 Å². The van der Waals surface area contributed by atoms with Gasteiger partial charge in [0, 0.05) is 13.5 Å². The summed E-state index contributed by atoms with van der Waals surface area (Å²) in [7, 11) is 0. The minimum Gasteiger partial charge on any atom is -0.353 e. The van der Waals surface area contributed by atoms with Gasteiger partial charge in [0.15, 0.2) is 0 Å². The molecule has 0 bridgehead atoms. The lowest BCUT2D eigenvalue weighted by Gasteiger charge is -2.00. The molecule has 0 saturated heterocycles. The summed E-state index contributed by atoms with van der Waals surface area (Å²) in [5, 5.41) is 2.74. The fourth-order valence-electron chi connectivity index (χ4n) is 1.06. The van der Waals surface area contributed by atoms with Gasteiger partial charge in [0.2, 0.25) is 5.91 Å². The molecular formula is C12H21NO. The second-order valence-electron chi connectivity index (χ2n) is 3.81. The quantitative estimate of drug-likeness (QED) is 0.671. The predicted molar refractivity (Wildman–Crippen MR) is 61.1 cm³/mol. The highest BCUT2D eigenvalue weighted by Gasteiger charge is 1.90. The number of allylic oxidation sites excluding steroid dienone is 3. The number of nitrogens with one attached hydrogen (secondary N) is 1. The van der Waals surface area contributed by atoms with Crippen molar-refractivity contribution in [3.05, 3.63) is 23.3 Å². The molecule has 0 aromatic carbocycles. The molecule has 0 fully saturated rings. The molecule has 0 radical (unpaired) electrons. The van der Waals surface area contributed by atoms with Gasteiger partial charge >= 0.3 is 0 Å². The van der Waals surface area contributed by atoms with Gasteiger partial charge in [0.05, 0.1) is 0 Å². The fourth-order valence-corrected chi connectivity index (χ4v) is 1.06. The average molecular weight is 195 g/mol. The third-order valence-corrected chi connectivity index (χ3v) is 1.89. The minimum atomic E-state index is 0.0262. The summed E-state index contributed by atoms with van der Waals surface area (Å²) in [6.07, 6.45) is 6.46. The van der Waals surface area contributed by atoms with Gasteiger partial charge < -0.3 is 5.32 Å². The second-order valence-corrected chi connectivity index (χ2v) is 3.81. The molecule has 14 heavy (non-hydrogen) atoms. The van der Waals surface area contributed by atoms with Gasteiger partial charge in [-0.2, -0.15) is 0 Å². The lowest BCUT2D eigenvalue weighted by molar-refractivity contribution is -0.118. The van der Waals surface area contributed by atoms with Crippen LogP contribution in [0.25, 0.3) is 0 Å². The van der Waals surface area contributed by atoms with Crippen LogP contribution in [0.15, 0.2) is 23.3 Å². The first-order chi connectivity index (χ1) is 6.52. The van der Waals surface area contributed by atoms with Crippen molar-refractivity contribution in [3.63, 3.8) is 0 Å². The van der Waals surface area contributed by atoms with Crippen molar-refractivity contribution in [1.82, 2.24) is 5.32 Å². The molecule has 0 aliphatic heterocycles. The van der Waals surface area contributed by atoms with E-state index in [0.717, 1.165) is 12.8 Å². The number of hydrogen-bond acceptors (Lipinski definition) is 1. The van der Waals surface area contributed by atoms with Crippen molar-refractivity contribution in [3.8, 4) is 0 Å². The summed E-state index contributed by atoms with van der Waals surface area (Å²) in [5.74, 6) is 0.0262. The first-order valence-electron chi connectivity index (χ1n) is 5.06. The van der Waals surface area contributed by atoms with Crippen LogP contribution in [0.2, 0.25) is 0 Å². The maximum absolute atomic E-state index is 10.6. The van der Waals surface area contributed by atoms with Crippen LogP contribution in [-0.4, -0.2) is 12.5 Å². The zero-order valence-electron chi connectivity index (χ0n) is 9.68. The summed E-state index contributed by atoms with van der Waals surface area (Å²) in [6, 6.07) is 0. The van der Waals surface area contributed by atoms with E-state index < -0.39 is 0 Å². The van der Waals surface area contributed by atoms with E-state index in [0.29, 0.717) is 6.54 Å². The van der Waals surface area contributed by atoms with Crippen LogP contribution in [0.5, 0.6) is 0 Å². The van der Waals surface area contributed by atoms with Crippen molar-refractivity contribution >= 4 is 5.91 Å². The van der Waals surface area contributed by atoms with Gasteiger partial charge in [-0.25, -0.2) is 0 Å². The Bertz CT molecular complexity index is 235. The maximum Gasteiger partial charge on any atom is 0.217 e. The van der Waals surface area contributed by atoms with Gasteiger partial charge in [0.25, 0.3) is 0 Å². The Balaban J connectivity index is 3.67. The molecule has 0 unspecified atom stereocenters. The van der Waals surface area contributed by atoms with E-state index in [-0.39, 0.29) is 5.91 Å². The molecule has 1 amide bonds. The zero-order chi connectivity index (χ0) is 11.0. The van der Waals surface area contributed by atoms with Crippen LogP contribution in [0.1, 0.15) is 40.5 Å². The Morgan fingerprint density at radius 2 is 1.79 bits per heavy atom. The lowest BCUT2D eigenvalue weighted by Crippen LogP contribution is -2.19. The number of hydrogen-bond donors (Lipinski definition) is 1. The van der Waals surface area contributed by atoms with Crippen LogP contribution in [0, 0.1) is 0 Å². The fraction of sp³-hybridized carbons (Fsp3) is 0.583. The number of carbonyl (C=O) groups is 1. The molecule has 2 heteroatoms. The van der Waals surface area contributed by atoms with Crippen molar-refractivity contribution in [2.24, 2.45) is 0 Å². The number of rotatable bonds is 5. The highest BCUT2D eigenvalue weighted by Crippen LogP contribution is 2.05. The van der Waals surface area contributed by atoms with E-state index in [4.69, 9.17) is 0 Å². The van der Waals surface area contributed by atoms with Crippen molar-refractivity contribution in [2.75, 3.05) is 6.54 Å². The number of amides is 1. The Labute approximate surface area is 87.1 Å². The molecule has 0 heterocycles. The Morgan fingerprint density at radius 3 is 2.29 bits per heavy atom. The van der Waals surface area contributed by atoms with Crippen LogP contribution < -0.4 is 5.32 Å². The molecule has 0 aliphatic rings. The lowest BCUT2D eigenvalue weighted by atomic mass is 10.1. The zero-order valence-corrected chi connectivity index (χ0v) is 9.68. The third kappa shape index (κ3) is 9.04. The molecule has 2 nitrogen and oxygen atoms in total. The van der Waals surface area contributed by atoms with E-state index >= 15 is 0 Å². The predicted octanol–water partition coefficient (Wildman–Crippen LogP) is 2.82. The Hall–Kier alpha value is -1.05. The number of carbonyl (C=O) groups excluding carboxylic acids is 1. The highest BCUT2D eigenvalue weighted by atomic mass is 16.1. The SMILES string of the molecule is CC(=O)NC/C=C(/C)CCC=C(C)C. The first kappa shape index (κ1) is 12.9. The third-order valence-electron chi connectivity index (χ3n) is 1.89. The molecular weight excluding hydrogens is 174 g/mol. The largest absolute Gasteiger partial charge is 0.353 e. The van der Waals surface area contributed by atoms with E-state index in [1.54, 1.807) is 0 Å². The van der Waals surface area contributed by atoms with Crippen LogP contribution >= 0.6 is 0 Å². The molecule has 0 rings (SSSR count). The summed E-state index contributed by atoms with van der Waals surface area (Å²) in [5.41, 5.74) is 2.69. The van der Waals surface area contributed by atoms with Crippen LogP contribution in [0.3, 0.4) is 0 Å². The molecule has 0 spiro atoms. The highest BCUT2D eigenvalue weighted by molar-refractivity contribution is 5.72. The topological polar surface area (TPSA) is 29.1 Å². The summed E-state index contributed by atoms with van der Waals surface area (Å²) < 4.78 is 0. The first-order valence-corrected chi connectivity index (χ1v) is 5.06. The van der Waals surface area contributed by atoms with Crippen LogP contribution in [0.4, 0.5) is 0 Å². The standard InChI is InChI=1S/C12H21NO/c1-10(2)6-5-7-11(3)8-9-13-12(4)14/h6,8H,5,7,9H2,1-4H3,(H,13,14)/b11-8-. The molecule has 0 aromatic rings. The minimum absolute atomic E-state index is 0.0262. The summed E-state index contributed by atoms with van der Waals surface area (Å²) in [6.45, 7) is 8.50. The smallest absolute Gasteiger partial charge is 0.217 e. The average Bonchev–Trinajstić information content (AvgIpc) is 2.02. The van der Waals surface area contributed by atoms with Crippen molar-refractivity contribution in [1.29, 1.82) is 0 Å². The summed E-state index contributed by atoms with van der Waals surface area (Å²) in [4.78, 5) is 10.6. The van der Waals surface area contributed by atoms with E-state index in [9.17, 15) is 4.79 Å². The molecule has 0 aromatic heterocycles. The monoisotopic (exact) mass is 195 g/mol. The summed E-state index contributed by atoms with van der Waals surface area (Å²) >= 11 is 0. The second kappa shape index (κ2) is 7.36. The van der Waals surface area contributed by atoms with E-state index in [1.165, 1.54) is 18.1 Å². The molecule has 1 N–H and O–H groups in total. The Morgan fingerprint density at radius 1 is 1.14 bits per heavy atom. The van der Waals surface area contributed by atoms with E-state index in [2.05, 4.69) is 38.2 Å². The molecule has 0 saturated carbocycles. The molecule has 0 atom stereocenters. The van der Waals surface area contributed by atoms with E-state index in [1.807, 2.05) is 0 Å². The van der Waals surface area contributed by atoms with Crippen molar-refractivity contribution in [2.45, 2.75) is 40.5 Å². The van der Waals surface area contributed by atoms with Gasteiger partial charge in [-0.15, -0.1) is 0 Å². The van der Waals surface area contributed by atoms with Gasteiger partial charge in [-0.05, 0) is 33.6 Å².